The highest BCUT2D eigenvalue weighted by atomic mass is 19.4. The van der Waals surface area contributed by atoms with Crippen molar-refractivity contribution in [3.63, 3.8) is 0 Å². The molecular weight excluding hydrogens is 379 g/mol. The topological polar surface area (TPSA) is 54.8 Å². The summed E-state index contributed by atoms with van der Waals surface area (Å²) in [7, 11) is 1.81. The molecule has 0 fully saturated rings. The van der Waals surface area contributed by atoms with E-state index >= 15 is 0 Å². The molecule has 0 unspecified atom stereocenters. The minimum Gasteiger partial charge on any atom is -0.338 e. The lowest BCUT2D eigenvalue weighted by Gasteiger charge is -2.18. The van der Waals surface area contributed by atoms with Crippen LogP contribution in [0.2, 0.25) is 0 Å². The Kier molecular flexibility index (Phi) is 4.84. The van der Waals surface area contributed by atoms with Crippen LogP contribution in [0.25, 0.3) is 22.0 Å². The number of fused-ring (bicyclic) bond motifs is 1. The molecule has 2 aromatic heterocycles. The van der Waals surface area contributed by atoms with Crippen LogP contribution in [0.1, 0.15) is 11.1 Å². The minimum absolute atomic E-state index is 0.325. The predicted octanol–water partition coefficient (Wildman–Crippen LogP) is 4.74. The highest BCUT2D eigenvalue weighted by Gasteiger charge is 2.30. The molecule has 0 spiro atoms. The van der Waals surface area contributed by atoms with Crippen LogP contribution < -0.4 is 4.90 Å². The quantitative estimate of drug-likeness (QED) is 0.500. The Bertz CT molecular complexity index is 1150. The van der Waals surface area contributed by atoms with Crippen molar-refractivity contribution >= 4 is 16.7 Å². The third kappa shape index (κ3) is 4.01. The molecule has 5 nitrogen and oxygen atoms in total. The Morgan fingerprint density at radius 1 is 1.00 bits per heavy atom. The zero-order valence-corrected chi connectivity index (χ0v) is 15.4. The summed E-state index contributed by atoms with van der Waals surface area (Å²) in [5.41, 5.74) is 0.990. The summed E-state index contributed by atoms with van der Waals surface area (Å²) in [6.45, 7) is 0.509. The lowest BCUT2D eigenvalue weighted by Crippen LogP contribution is -2.20. The number of rotatable bonds is 4. The number of hydrogen-bond donors (Lipinski definition) is 0. The van der Waals surface area contributed by atoms with E-state index in [1.807, 2.05) is 31.3 Å². The van der Waals surface area contributed by atoms with Gasteiger partial charge in [-0.3, -0.25) is 4.98 Å². The number of nitrogens with zero attached hydrogens (tertiary/aromatic N) is 5. The largest absolute Gasteiger partial charge is 0.416 e. The first-order valence-electron chi connectivity index (χ1n) is 8.82. The van der Waals surface area contributed by atoms with Crippen molar-refractivity contribution in [2.24, 2.45) is 0 Å². The van der Waals surface area contributed by atoms with Gasteiger partial charge in [-0.15, -0.1) is 5.10 Å². The summed E-state index contributed by atoms with van der Waals surface area (Å²) in [5, 5.41) is 10.1. The number of benzene rings is 2. The zero-order chi connectivity index (χ0) is 20.4. The molecule has 0 aliphatic rings. The molecule has 8 heteroatoms. The van der Waals surface area contributed by atoms with Gasteiger partial charge in [0.2, 0.25) is 5.95 Å². The SMILES string of the molecule is CN(Cc1cccc2cnccc12)c1nncc(-c2cccc(C(F)(F)F)c2)n1. The fraction of sp³-hybridized carbons (Fsp3) is 0.143. The second-order valence-electron chi connectivity index (χ2n) is 6.59. The Balaban J connectivity index is 1.63. The second-order valence-corrected chi connectivity index (χ2v) is 6.59. The van der Waals surface area contributed by atoms with Crippen LogP contribution in [0.3, 0.4) is 0 Å². The molecule has 4 rings (SSSR count). The van der Waals surface area contributed by atoms with E-state index in [-0.39, 0.29) is 0 Å². The molecule has 0 aliphatic carbocycles. The van der Waals surface area contributed by atoms with Gasteiger partial charge in [0.05, 0.1) is 17.5 Å². The second kappa shape index (κ2) is 7.46. The fourth-order valence-electron chi connectivity index (χ4n) is 3.10. The molecule has 4 aromatic rings. The van der Waals surface area contributed by atoms with Gasteiger partial charge in [-0.25, -0.2) is 4.98 Å². The number of anilines is 1. The van der Waals surface area contributed by atoms with Crippen LogP contribution in [0.15, 0.2) is 67.1 Å². The number of halogens is 3. The van der Waals surface area contributed by atoms with Crippen LogP contribution in [-0.2, 0) is 12.7 Å². The van der Waals surface area contributed by atoms with Gasteiger partial charge in [-0.1, -0.05) is 30.3 Å². The van der Waals surface area contributed by atoms with Gasteiger partial charge in [-0.05, 0) is 29.1 Å². The summed E-state index contributed by atoms with van der Waals surface area (Å²) >= 11 is 0. The average Bonchev–Trinajstić information content (AvgIpc) is 2.73. The number of hydrogen-bond acceptors (Lipinski definition) is 5. The van der Waals surface area contributed by atoms with Crippen molar-refractivity contribution in [2.75, 3.05) is 11.9 Å². The van der Waals surface area contributed by atoms with Crippen LogP contribution >= 0.6 is 0 Å². The lowest BCUT2D eigenvalue weighted by molar-refractivity contribution is -0.137. The van der Waals surface area contributed by atoms with Gasteiger partial charge in [0.15, 0.2) is 0 Å². The van der Waals surface area contributed by atoms with Crippen LogP contribution in [-0.4, -0.2) is 27.2 Å². The van der Waals surface area contributed by atoms with Crippen molar-refractivity contribution in [2.45, 2.75) is 12.7 Å². The van der Waals surface area contributed by atoms with Gasteiger partial charge in [0.1, 0.15) is 0 Å². The highest BCUT2D eigenvalue weighted by Crippen LogP contribution is 2.31. The molecule has 0 saturated heterocycles. The number of pyridine rings is 1. The maximum Gasteiger partial charge on any atom is 0.416 e. The minimum atomic E-state index is -4.42. The van der Waals surface area contributed by atoms with E-state index in [1.165, 1.54) is 12.3 Å². The van der Waals surface area contributed by atoms with Crippen molar-refractivity contribution in [3.8, 4) is 11.3 Å². The van der Waals surface area contributed by atoms with E-state index < -0.39 is 11.7 Å². The van der Waals surface area contributed by atoms with Gasteiger partial charge in [0.25, 0.3) is 0 Å². The summed E-state index contributed by atoms with van der Waals surface area (Å²) in [6.07, 6.45) is 0.471. The van der Waals surface area contributed by atoms with Gasteiger partial charge in [-0.2, -0.15) is 18.3 Å². The molecular formula is C21H16F3N5. The molecule has 146 valence electrons. The maximum absolute atomic E-state index is 13.0. The Morgan fingerprint density at radius 3 is 2.66 bits per heavy atom. The number of alkyl halides is 3. The van der Waals surface area contributed by atoms with E-state index in [1.54, 1.807) is 23.4 Å². The molecule has 0 atom stereocenters. The highest BCUT2D eigenvalue weighted by molar-refractivity contribution is 5.84. The van der Waals surface area contributed by atoms with Crippen molar-refractivity contribution in [3.05, 3.63) is 78.2 Å². The Hall–Kier alpha value is -3.55. The molecule has 0 amide bonds. The Labute approximate surface area is 164 Å². The van der Waals surface area contributed by atoms with Gasteiger partial charge in [0, 0.05) is 36.9 Å². The summed E-state index contributed by atoms with van der Waals surface area (Å²) in [4.78, 5) is 10.4. The molecule has 0 saturated carbocycles. The molecule has 0 N–H and O–H groups in total. The van der Waals surface area contributed by atoms with Gasteiger partial charge < -0.3 is 4.90 Å². The Morgan fingerprint density at radius 2 is 1.83 bits per heavy atom. The monoisotopic (exact) mass is 395 g/mol. The first-order valence-corrected chi connectivity index (χ1v) is 8.82. The molecule has 0 bridgehead atoms. The van der Waals surface area contributed by atoms with Crippen LogP contribution in [0.5, 0.6) is 0 Å². The molecule has 0 aliphatic heterocycles. The van der Waals surface area contributed by atoms with Crippen LogP contribution in [0, 0.1) is 0 Å². The summed E-state index contributed by atoms with van der Waals surface area (Å²) in [6, 6.07) is 12.9. The lowest BCUT2D eigenvalue weighted by atomic mass is 10.1. The predicted molar refractivity (Wildman–Crippen MR) is 104 cm³/mol. The first-order chi connectivity index (χ1) is 13.9. The average molecular weight is 395 g/mol. The summed E-state index contributed by atoms with van der Waals surface area (Å²) < 4.78 is 39.0. The van der Waals surface area contributed by atoms with E-state index in [0.29, 0.717) is 23.8 Å². The van der Waals surface area contributed by atoms with Crippen LogP contribution in [0.4, 0.5) is 19.1 Å². The van der Waals surface area contributed by atoms with Crippen molar-refractivity contribution in [1.82, 2.24) is 20.2 Å². The normalized spacial score (nSPS) is 11.6. The van der Waals surface area contributed by atoms with E-state index in [9.17, 15) is 13.2 Å². The smallest absolute Gasteiger partial charge is 0.338 e. The third-order valence-corrected chi connectivity index (χ3v) is 4.55. The molecule has 2 aromatic carbocycles. The van der Waals surface area contributed by atoms with Crippen molar-refractivity contribution in [1.29, 1.82) is 0 Å². The molecule has 29 heavy (non-hydrogen) atoms. The standard InChI is InChI=1S/C21H16F3N5/c1-29(13-16-6-2-5-15-11-25-9-8-18(15)16)20-27-19(12-26-28-20)14-4-3-7-17(10-14)21(22,23)24/h2-12H,13H2,1H3. The zero-order valence-electron chi connectivity index (χ0n) is 15.4. The first kappa shape index (κ1) is 18.8. The third-order valence-electron chi connectivity index (χ3n) is 4.55. The maximum atomic E-state index is 13.0. The molecule has 0 radical (unpaired) electrons. The molecule has 2 heterocycles. The number of aromatic nitrogens is 4. The van der Waals surface area contributed by atoms with E-state index in [2.05, 4.69) is 20.2 Å². The van der Waals surface area contributed by atoms with E-state index in [0.717, 1.165) is 28.5 Å². The summed E-state index contributed by atoms with van der Waals surface area (Å²) in [5.74, 6) is 0.325. The van der Waals surface area contributed by atoms with Gasteiger partial charge >= 0.3 is 6.18 Å². The van der Waals surface area contributed by atoms with E-state index in [4.69, 9.17) is 0 Å². The fourth-order valence-corrected chi connectivity index (χ4v) is 3.10. The van der Waals surface area contributed by atoms with Crippen molar-refractivity contribution < 1.29 is 13.2 Å².